The van der Waals surface area contributed by atoms with Crippen molar-refractivity contribution >= 4 is 57.6 Å². The Labute approximate surface area is 274 Å². The number of ether oxygens (including phenoxy) is 1. The monoisotopic (exact) mass is 644 g/mol. The number of anilines is 2. The number of amides is 2. The Kier molecular flexibility index (Phi) is 11.2. The van der Waals surface area contributed by atoms with Gasteiger partial charge in [-0.3, -0.25) is 19.4 Å². The van der Waals surface area contributed by atoms with Gasteiger partial charge in [-0.05, 0) is 67.3 Å². The number of nitrogens with one attached hydrogen (secondary N) is 2. The summed E-state index contributed by atoms with van der Waals surface area (Å²) in [5.74, 6) is -0.179. The van der Waals surface area contributed by atoms with Crippen molar-refractivity contribution in [3.8, 4) is 0 Å². The average molecular weight is 645 g/mol. The molecule has 0 aliphatic carbocycles. The van der Waals surface area contributed by atoms with Gasteiger partial charge in [0.15, 0.2) is 5.17 Å². The Balaban J connectivity index is 1.52. The molecule has 0 unspecified atom stereocenters. The van der Waals surface area contributed by atoms with Crippen LogP contribution in [0.15, 0.2) is 98.4 Å². The van der Waals surface area contributed by atoms with E-state index in [-0.39, 0.29) is 11.8 Å². The minimum atomic E-state index is -0.0928. The van der Waals surface area contributed by atoms with E-state index in [1.54, 1.807) is 16.7 Å². The van der Waals surface area contributed by atoms with E-state index in [0.717, 1.165) is 40.0 Å². The van der Waals surface area contributed by atoms with Crippen molar-refractivity contribution < 1.29 is 14.3 Å². The van der Waals surface area contributed by atoms with Gasteiger partial charge in [-0.1, -0.05) is 60.3 Å². The molecule has 3 heterocycles. The molecule has 2 fully saturated rings. The van der Waals surface area contributed by atoms with Crippen molar-refractivity contribution in [2.24, 2.45) is 4.99 Å². The first kappa shape index (κ1) is 32.6. The number of hydrogen-bond donors (Lipinski definition) is 2. The summed E-state index contributed by atoms with van der Waals surface area (Å²) in [6, 6.07) is 15.6. The highest BCUT2D eigenvalue weighted by molar-refractivity contribution is 8.19. The maximum atomic E-state index is 14.3. The summed E-state index contributed by atoms with van der Waals surface area (Å²) >= 11 is 2.96. The Morgan fingerprint density at radius 1 is 1.02 bits per heavy atom. The molecular weight excluding hydrogens is 605 g/mol. The fourth-order valence-corrected chi connectivity index (χ4v) is 7.11. The summed E-state index contributed by atoms with van der Waals surface area (Å²) in [6.45, 7) is 10.2. The Bertz CT molecular complexity index is 1560. The van der Waals surface area contributed by atoms with E-state index in [9.17, 15) is 9.59 Å². The Morgan fingerprint density at radius 3 is 2.53 bits per heavy atom. The lowest BCUT2D eigenvalue weighted by atomic mass is 10.2. The van der Waals surface area contributed by atoms with Crippen LogP contribution in [-0.2, 0) is 20.9 Å². The molecule has 2 aromatic carbocycles. The Morgan fingerprint density at radius 2 is 1.78 bits per heavy atom. The second-order valence-corrected chi connectivity index (χ2v) is 13.1. The summed E-state index contributed by atoms with van der Waals surface area (Å²) in [5.41, 5.74) is 4.15. The quantitative estimate of drug-likeness (QED) is 0.321. The van der Waals surface area contributed by atoms with Gasteiger partial charge in [0.2, 0.25) is 5.91 Å². The zero-order valence-electron chi connectivity index (χ0n) is 26.2. The average Bonchev–Trinajstić information content (AvgIpc) is 3.35. The van der Waals surface area contributed by atoms with E-state index in [2.05, 4.69) is 26.5 Å². The number of aliphatic imine (C=N–C) groups is 1. The maximum Gasteiger partial charge on any atom is 0.269 e. The normalized spacial score (nSPS) is 23.5. The molecule has 5 rings (SSSR count). The largest absolute Gasteiger partial charge is 0.384 e. The van der Waals surface area contributed by atoms with Crippen LogP contribution in [0, 0.1) is 0 Å². The van der Waals surface area contributed by atoms with Crippen LogP contribution < -0.4 is 10.6 Å². The third-order valence-corrected chi connectivity index (χ3v) is 9.77. The van der Waals surface area contributed by atoms with Crippen LogP contribution in [0.4, 0.5) is 17.1 Å². The lowest BCUT2D eigenvalue weighted by Crippen LogP contribution is -2.41. The SMILES string of the molecule is CCNc1ccc(NC(=O)CN2CCOCC2)cc1N=C1S/C(=C2\S/C(C)=C/C=C\C=C(/C)N2C)C(=O)N1Cc1ccccc1. The zero-order chi connectivity index (χ0) is 31.8. The van der Waals surface area contributed by atoms with Crippen LogP contribution in [0.2, 0.25) is 0 Å². The van der Waals surface area contributed by atoms with E-state index in [1.165, 1.54) is 11.8 Å². The molecular formula is C34H40N6O3S2. The molecule has 11 heteroatoms. The number of hydrogen-bond acceptors (Lipinski definition) is 9. The van der Waals surface area contributed by atoms with Gasteiger partial charge in [-0.2, -0.15) is 0 Å². The molecule has 2 saturated heterocycles. The minimum absolute atomic E-state index is 0.0866. The summed E-state index contributed by atoms with van der Waals surface area (Å²) in [7, 11) is 1.99. The van der Waals surface area contributed by atoms with Gasteiger partial charge in [0.25, 0.3) is 5.91 Å². The van der Waals surface area contributed by atoms with E-state index in [0.29, 0.717) is 54.3 Å². The van der Waals surface area contributed by atoms with Gasteiger partial charge in [0.05, 0.1) is 42.7 Å². The van der Waals surface area contributed by atoms with Gasteiger partial charge in [-0.25, -0.2) is 4.99 Å². The fourth-order valence-electron chi connectivity index (χ4n) is 4.94. The fraction of sp³-hybridized carbons (Fsp3) is 0.324. The van der Waals surface area contributed by atoms with Gasteiger partial charge in [-0.15, -0.1) is 0 Å². The van der Waals surface area contributed by atoms with Crippen LogP contribution in [0.5, 0.6) is 0 Å². The molecule has 0 saturated carbocycles. The molecule has 236 valence electrons. The van der Waals surface area contributed by atoms with Crippen molar-refractivity contribution in [1.29, 1.82) is 0 Å². The molecule has 2 aromatic rings. The van der Waals surface area contributed by atoms with Crippen molar-refractivity contribution in [2.45, 2.75) is 27.3 Å². The molecule has 2 N–H and O–H groups in total. The number of carbonyl (C=O) groups is 2. The first-order valence-corrected chi connectivity index (χ1v) is 16.7. The number of rotatable bonds is 8. The number of amidine groups is 1. The van der Waals surface area contributed by atoms with Crippen molar-refractivity contribution in [2.75, 3.05) is 57.1 Å². The number of thioether (sulfide) groups is 2. The highest BCUT2D eigenvalue weighted by atomic mass is 32.2. The first-order chi connectivity index (χ1) is 21.8. The van der Waals surface area contributed by atoms with E-state index in [1.807, 2.05) is 94.6 Å². The zero-order valence-corrected chi connectivity index (χ0v) is 27.8. The van der Waals surface area contributed by atoms with Crippen molar-refractivity contribution in [3.05, 3.63) is 98.9 Å². The van der Waals surface area contributed by atoms with E-state index >= 15 is 0 Å². The predicted octanol–water partition coefficient (Wildman–Crippen LogP) is 6.36. The third-order valence-electron chi connectivity index (χ3n) is 7.45. The summed E-state index contributed by atoms with van der Waals surface area (Å²) in [6.07, 6.45) is 8.12. The number of morpholine rings is 1. The molecule has 0 aromatic heterocycles. The molecule has 0 bridgehead atoms. The molecule has 0 spiro atoms. The third kappa shape index (κ3) is 8.49. The van der Waals surface area contributed by atoms with Gasteiger partial charge in [0.1, 0.15) is 4.91 Å². The van der Waals surface area contributed by atoms with Crippen molar-refractivity contribution in [3.63, 3.8) is 0 Å². The highest BCUT2D eigenvalue weighted by Gasteiger charge is 2.37. The minimum Gasteiger partial charge on any atom is -0.384 e. The van der Waals surface area contributed by atoms with Crippen LogP contribution in [0.25, 0.3) is 0 Å². The smallest absolute Gasteiger partial charge is 0.269 e. The summed E-state index contributed by atoms with van der Waals surface area (Å²) in [4.78, 5) is 39.8. The van der Waals surface area contributed by atoms with E-state index < -0.39 is 0 Å². The molecule has 3 aliphatic rings. The Hall–Kier alpha value is -3.77. The summed E-state index contributed by atoms with van der Waals surface area (Å²) in [5, 5.41) is 7.86. The lowest BCUT2D eigenvalue weighted by molar-refractivity contribution is -0.122. The molecule has 3 aliphatic heterocycles. The highest BCUT2D eigenvalue weighted by Crippen LogP contribution is 2.43. The maximum absolute atomic E-state index is 14.3. The summed E-state index contributed by atoms with van der Waals surface area (Å²) < 4.78 is 5.41. The van der Waals surface area contributed by atoms with Gasteiger partial charge < -0.3 is 20.3 Å². The van der Waals surface area contributed by atoms with E-state index in [4.69, 9.17) is 9.73 Å². The molecule has 0 atom stereocenters. The molecule has 2 amide bonds. The predicted molar refractivity (Wildman–Crippen MR) is 187 cm³/mol. The van der Waals surface area contributed by atoms with Crippen LogP contribution in [0.1, 0.15) is 26.3 Å². The number of nitrogens with zero attached hydrogens (tertiary/aromatic N) is 4. The van der Waals surface area contributed by atoms with Crippen molar-refractivity contribution in [1.82, 2.24) is 14.7 Å². The van der Waals surface area contributed by atoms with Crippen LogP contribution in [0.3, 0.4) is 0 Å². The number of allylic oxidation sites excluding steroid dienone is 6. The molecule has 9 nitrogen and oxygen atoms in total. The van der Waals surface area contributed by atoms with Gasteiger partial charge in [0, 0.05) is 38.1 Å². The number of benzene rings is 2. The second kappa shape index (κ2) is 15.5. The van der Waals surface area contributed by atoms with Gasteiger partial charge >= 0.3 is 0 Å². The topological polar surface area (TPSA) is 89.5 Å². The lowest BCUT2D eigenvalue weighted by Gasteiger charge is -2.25. The molecule has 0 radical (unpaired) electrons. The van der Waals surface area contributed by atoms with Crippen LogP contribution >= 0.6 is 23.5 Å². The first-order valence-electron chi connectivity index (χ1n) is 15.1. The second-order valence-electron chi connectivity index (χ2n) is 10.8. The number of carbonyl (C=O) groups excluding carboxylic acids is 2. The van der Waals surface area contributed by atoms with Crippen LogP contribution in [-0.4, -0.2) is 78.1 Å². The molecule has 45 heavy (non-hydrogen) atoms. The standard InChI is InChI=1S/C34H40N6O3S2/c1-5-35-28-16-15-27(36-30(41)23-39-17-19-43-20-18-39)21-29(28)37-34-40(22-26-13-7-6-8-14-26)32(42)31(45-34)33-38(4)24(2)11-9-10-12-25(3)44-33/h6-16,21,35H,5,17-20,22-23H2,1-4H3,(H,36,41)/b10-9-,24-11+,25-12+,33-31-,37-34?.